The highest BCUT2D eigenvalue weighted by molar-refractivity contribution is 5.77. The quantitative estimate of drug-likeness (QED) is 0.843. The lowest BCUT2D eigenvalue weighted by Crippen LogP contribution is -2.29. The largest absolute Gasteiger partial charge is 0.372 e. The van der Waals surface area contributed by atoms with Gasteiger partial charge in [0.05, 0.1) is 5.57 Å². The maximum atomic E-state index is 9.61. The molecular weight excluding hydrogens is 320 g/mol. The molecule has 0 unspecified atom stereocenters. The molecule has 0 radical (unpaired) electrons. The first-order chi connectivity index (χ1) is 12.8. The summed E-state index contributed by atoms with van der Waals surface area (Å²) in [5, 5.41) is 28.8. The summed E-state index contributed by atoms with van der Waals surface area (Å²) in [6.45, 7) is 2.18. The number of nitrogens with zero attached hydrogens (tertiary/aromatic N) is 4. The van der Waals surface area contributed by atoms with Crippen LogP contribution in [0.4, 0.5) is 5.69 Å². The topological polar surface area (TPSA) is 74.6 Å². The van der Waals surface area contributed by atoms with Crippen LogP contribution >= 0.6 is 0 Å². The molecule has 1 saturated heterocycles. The first-order valence-electron chi connectivity index (χ1n) is 8.67. The molecule has 1 fully saturated rings. The summed E-state index contributed by atoms with van der Waals surface area (Å²) in [7, 11) is 0. The molecule has 0 aliphatic carbocycles. The minimum atomic E-state index is 0.0703. The van der Waals surface area contributed by atoms with Crippen molar-refractivity contribution >= 4 is 16.8 Å². The van der Waals surface area contributed by atoms with Gasteiger partial charge >= 0.3 is 0 Å². The van der Waals surface area contributed by atoms with Gasteiger partial charge in [-0.1, -0.05) is 36.4 Å². The van der Waals surface area contributed by atoms with E-state index in [1.807, 2.05) is 24.3 Å². The van der Waals surface area contributed by atoms with Crippen molar-refractivity contribution < 1.29 is 0 Å². The number of benzene rings is 2. The highest BCUT2D eigenvalue weighted by atomic mass is 15.1. The molecule has 1 aliphatic heterocycles. The fourth-order valence-corrected chi connectivity index (χ4v) is 3.24. The van der Waals surface area contributed by atoms with Crippen molar-refractivity contribution in [2.24, 2.45) is 0 Å². The Balaban J connectivity index is 1.97. The monoisotopic (exact) mass is 338 g/mol. The second-order valence-electron chi connectivity index (χ2n) is 6.26. The van der Waals surface area contributed by atoms with E-state index in [1.54, 1.807) is 24.3 Å². The predicted octanol–water partition coefficient (Wildman–Crippen LogP) is 2.60. The van der Waals surface area contributed by atoms with Crippen molar-refractivity contribution in [2.75, 3.05) is 18.0 Å². The SMILES string of the molecule is N#CC(C#N)=c1ccc(=C(C#N)c2ccc(N3CCCCC3)cc2)cc1. The molecule has 0 atom stereocenters. The zero-order chi connectivity index (χ0) is 18.4. The van der Waals surface area contributed by atoms with E-state index < -0.39 is 0 Å². The summed E-state index contributed by atoms with van der Waals surface area (Å²) in [5.41, 5.74) is 2.72. The Morgan fingerprint density at radius 2 is 1.27 bits per heavy atom. The van der Waals surface area contributed by atoms with Crippen molar-refractivity contribution in [1.82, 2.24) is 0 Å². The Hall–Kier alpha value is -3.55. The molecule has 0 N–H and O–H groups in total. The van der Waals surface area contributed by atoms with Crippen LogP contribution in [-0.4, -0.2) is 13.1 Å². The molecule has 2 aromatic carbocycles. The Labute approximate surface area is 153 Å². The zero-order valence-corrected chi connectivity index (χ0v) is 14.4. The minimum absolute atomic E-state index is 0.0703. The molecule has 0 amide bonds. The van der Waals surface area contributed by atoms with E-state index in [0.29, 0.717) is 10.8 Å². The Bertz CT molecular complexity index is 998. The molecule has 1 heterocycles. The van der Waals surface area contributed by atoms with E-state index in [0.717, 1.165) is 23.9 Å². The minimum Gasteiger partial charge on any atom is -0.372 e. The van der Waals surface area contributed by atoms with Crippen LogP contribution in [0.15, 0.2) is 48.5 Å². The predicted molar refractivity (Wildman–Crippen MR) is 101 cm³/mol. The summed E-state index contributed by atoms with van der Waals surface area (Å²) >= 11 is 0. The van der Waals surface area contributed by atoms with Crippen LogP contribution < -0.4 is 15.3 Å². The fourth-order valence-electron chi connectivity index (χ4n) is 3.24. The number of anilines is 1. The molecule has 26 heavy (non-hydrogen) atoms. The van der Waals surface area contributed by atoms with Crippen LogP contribution in [0, 0.1) is 34.0 Å². The number of piperidine rings is 1. The van der Waals surface area contributed by atoms with Crippen LogP contribution in [0.5, 0.6) is 0 Å². The molecule has 0 spiro atoms. The van der Waals surface area contributed by atoms with E-state index in [-0.39, 0.29) is 5.57 Å². The summed E-state index contributed by atoms with van der Waals surface area (Å²) in [4.78, 5) is 2.38. The van der Waals surface area contributed by atoms with Crippen molar-refractivity contribution in [3.8, 4) is 18.2 Å². The maximum Gasteiger partial charge on any atom is 0.136 e. The third kappa shape index (κ3) is 3.59. The van der Waals surface area contributed by atoms with E-state index in [9.17, 15) is 5.26 Å². The van der Waals surface area contributed by atoms with Crippen molar-refractivity contribution in [2.45, 2.75) is 19.3 Å². The third-order valence-corrected chi connectivity index (χ3v) is 4.67. The second kappa shape index (κ2) is 8.02. The van der Waals surface area contributed by atoms with E-state index in [1.165, 1.54) is 24.9 Å². The number of nitriles is 3. The van der Waals surface area contributed by atoms with E-state index in [2.05, 4.69) is 23.1 Å². The average Bonchev–Trinajstić information content (AvgIpc) is 2.72. The van der Waals surface area contributed by atoms with E-state index in [4.69, 9.17) is 10.5 Å². The fraction of sp³-hybridized carbons (Fsp3) is 0.227. The molecule has 0 saturated carbocycles. The molecule has 2 aromatic rings. The summed E-state index contributed by atoms with van der Waals surface area (Å²) in [6, 6.07) is 21.1. The zero-order valence-electron chi connectivity index (χ0n) is 14.4. The van der Waals surface area contributed by atoms with Gasteiger partial charge in [-0.05, 0) is 42.2 Å². The van der Waals surface area contributed by atoms with Crippen LogP contribution in [0.25, 0.3) is 11.1 Å². The van der Waals surface area contributed by atoms with Crippen molar-refractivity contribution in [3.05, 3.63) is 64.5 Å². The molecule has 0 bridgehead atoms. The summed E-state index contributed by atoms with van der Waals surface area (Å²) in [5.74, 6) is 0. The third-order valence-electron chi connectivity index (χ3n) is 4.67. The van der Waals surface area contributed by atoms with Crippen molar-refractivity contribution in [3.63, 3.8) is 0 Å². The normalized spacial score (nSPS) is 13.2. The van der Waals surface area contributed by atoms with Crippen molar-refractivity contribution in [1.29, 1.82) is 15.8 Å². The maximum absolute atomic E-state index is 9.61. The number of hydrogen-bond donors (Lipinski definition) is 0. The van der Waals surface area contributed by atoms with Gasteiger partial charge in [0.2, 0.25) is 0 Å². The number of rotatable bonds is 2. The van der Waals surface area contributed by atoms with Gasteiger partial charge in [-0.15, -0.1) is 0 Å². The molecule has 126 valence electrons. The van der Waals surface area contributed by atoms with Gasteiger partial charge in [-0.3, -0.25) is 0 Å². The Morgan fingerprint density at radius 3 is 1.81 bits per heavy atom. The number of hydrogen-bond acceptors (Lipinski definition) is 4. The first-order valence-corrected chi connectivity index (χ1v) is 8.67. The van der Waals surface area contributed by atoms with Crippen LogP contribution in [0.3, 0.4) is 0 Å². The Morgan fingerprint density at radius 1 is 0.692 bits per heavy atom. The van der Waals surface area contributed by atoms with Crippen LogP contribution in [0.1, 0.15) is 24.8 Å². The Kier molecular flexibility index (Phi) is 5.33. The lowest BCUT2D eigenvalue weighted by Gasteiger charge is -2.28. The molecule has 0 aromatic heterocycles. The average molecular weight is 338 g/mol. The molecule has 4 nitrogen and oxygen atoms in total. The first kappa shape index (κ1) is 17.3. The van der Waals surface area contributed by atoms with E-state index >= 15 is 0 Å². The van der Waals surface area contributed by atoms with Gasteiger partial charge in [0.15, 0.2) is 0 Å². The highest BCUT2D eigenvalue weighted by Crippen LogP contribution is 2.22. The van der Waals surface area contributed by atoms with Gasteiger partial charge in [0, 0.05) is 24.0 Å². The molecule has 1 aliphatic rings. The highest BCUT2D eigenvalue weighted by Gasteiger charge is 2.11. The smallest absolute Gasteiger partial charge is 0.136 e. The molecule has 3 rings (SSSR count). The van der Waals surface area contributed by atoms with Gasteiger partial charge in [0.1, 0.15) is 23.8 Å². The van der Waals surface area contributed by atoms with Crippen LogP contribution in [0.2, 0.25) is 0 Å². The lowest BCUT2D eigenvalue weighted by molar-refractivity contribution is 0.578. The summed E-state index contributed by atoms with van der Waals surface area (Å²) in [6.07, 6.45) is 3.76. The van der Waals surface area contributed by atoms with Gasteiger partial charge in [0.25, 0.3) is 0 Å². The van der Waals surface area contributed by atoms with Gasteiger partial charge in [-0.25, -0.2) is 0 Å². The summed E-state index contributed by atoms with van der Waals surface area (Å²) < 4.78 is 0. The second-order valence-corrected chi connectivity index (χ2v) is 6.26. The van der Waals surface area contributed by atoms with Crippen LogP contribution in [-0.2, 0) is 0 Å². The van der Waals surface area contributed by atoms with Gasteiger partial charge < -0.3 is 4.90 Å². The molecular formula is C22H18N4. The lowest BCUT2D eigenvalue weighted by atomic mass is 10.0. The van der Waals surface area contributed by atoms with Gasteiger partial charge in [-0.2, -0.15) is 15.8 Å². The standard InChI is InChI=1S/C22H18N4/c23-14-20(15-24)17-4-6-18(7-5-17)22(16-25)19-8-10-21(11-9-19)26-12-2-1-3-13-26/h4-11H,1-3,12-13H2. The molecule has 4 heteroatoms.